The first-order valence-corrected chi connectivity index (χ1v) is 8.12. The topological polar surface area (TPSA) is 12.0 Å². The van der Waals surface area contributed by atoms with Crippen molar-refractivity contribution in [2.45, 2.75) is 63.8 Å². The highest BCUT2D eigenvalue weighted by Crippen LogP contribution is 2.32. The smallest absolute Gasteiger partial charge is 0.245 e. The summed E-state index contributed by atoms with van der Waals surface area (Å²) in [6.45, 7) is 4.24. The summed E-state index contributed by atoms with van der Waals surface area (Å²) in [5, 5.41) is 3.58. The van der Waals surface area contributed by atoms with E-state index in [1.165, 1.54) is 12.0 Å². The molecule has 1 N–H and O–H groups in total. The lowest BCUT2D eigenvalue weighted by Gasteiger charge is -2.34. The molecule has 1 aliphatic heterocycles. The van der Waals surface area contributed by atoms with Gasteiger partial charge in [0, 0.05) is 12.5 Å². The summed E-state index contributed by atoms with van der Waals surface area (Å²) in [6.07, 6.45) is 3.78. The lowest BCUT2D eigenvalue weighted by Crippen LogP contribution is -2.41. The Morgan fingerprint density at radius 1 is 1.29 bits per heavy atom. The molecule has 1 fully saturated rings. The molecule has 1 saturated heterocycles. The van der Waals surface area contributed by atoms with Crippen molar-refractivity contribution < 1.29 is 8.78 Å². The van der Waals surface area contributed by atoms with Gasteiger partial charge in [-0.15, -0.1) is 0 Å². The van der Waals surface area contributed by atoms with Crippen molar-refractivity contribution in [3.05, 3.63) is 35.9 Å². The highest BCUT2D eigenvalue weighted by Gasteiger charge is 2.27. The van der Waals surface area contributed by atoms with Gasteiger partial charge in [0.2, 0.25) is 5.92 Å². The van der Waals surface area contributed by atoms with E-state index < -0.39 is 5.92 Å². The van der Waals surface area contributed by atoms with Gasteiger partial charge in [0.15, 0.2) is 0 Å². The van der Waals surface area contributed by atoms with E-state index in [0.717, 1.165) is 26.3 Å². The van der Waals surface area contributed by atoms with Crippen molar-refractivity contribution in [2.75, 3.05) is 6.54 Å². The second-order valence-corrected chi connectivity index (χ2v) is 6.63. The number of hydrogen-bond acceptors (Lipinski definition) is 1. The molecule has 0 bridgehead atoms. The summed E-state index contributed by atoms with van der Waals surface area (Å²) in [5.41, 5.74) is 1.41. The third-order valence-corrected chi connectivity index (χ3v) is 4.67. The van der Waals surface area contributed by atoms with Crippen molar-refractivity contribution in [2.24, 2.45) is 5.92 Å². The van der Waals surface area contributed by atoms with Crippen LogP contribution < -0.4 is 5.32 Å². The quantitative estimate of drug-likeness (QED) is 0.780. The minimum atomic E-state index is -2.52. The molecule has 2 rings (SSSR count). The van der Waals surface area contributed by atoms with Gasteiger partial charge in [0.25, 0.3) is 0 Å². The van der Waals surface area contributed by atoms with Gasteiger partial charge in [-0.05, 0) is 56.6 Å². The van der Waals surface area contributed by atoms with Crippen LogP contribution >= 0.6 is 0 Å². The average Bonchev–Trinajstić information content (AvgIpc) is 2.47. The molecule has 3 unspecified atom stereocenters. The molecule has 3 heteroatoms. The first-order chi connectivity index (χ1) is 9.96. The Bertz CT molecular complexity index is 413. The Morgan fingerprint density at radius 2 is 2.00 bits per heavy atom. The highest BCUT2D eigenvalue weighted by atomic mass is 19.3. The molecule has 1 aromatic carbocycles. The van der Waals surface area contributed by atoms with E-state index in [9.17, 15) is 8.78 Å². The predicted octanol–water partition coefficient (Wildman–Crippen LogP) is 4.98. The lowest BCUT2D eigenvalue weighted by molar-refractivity contribution is 0.00905. The molecule has 1 nitrogen and oxygen atoms in total. The van der Waals surface area contributed by atoms with Crippen LogP contribution in [0.25, 0.3) is 0 Å². The van der Waals surface area contributed by atoms with E-state index in [-0.39, 0.29) is 6.42 Å². The molecule has 21 heavy (non-hydrogen) atoms. The van der Waals surface area contributed by atoms with Gasteiger partial charge in [-0.25, -0.2) is 8.78 Å². The van der Waals surface area contributed by atoms with Gasteiger partial charge in [0.05, 0.1) is 0 Å². The molecule has 0 radical (unpaired) electrons. The number of halogens is 2. The zero-order chi connectivity index (χ0) is 15.3. The number of hydrogen-bond donors (Lipinski definition) is 1. The van der Waals surface area contributed by atoms with Crippen molar-refractivity contribution >= 4 is 0 Å². The van der Waals surface area contributed by atoms with E-state index in [1.807, 2.05) is 0 Å². The Kier molecular flexibility index (Phi) is 5.74. The van der Waals surface area contributed by atoms with Crippen molar-refractivity contribution in [1.29, 1.82) is 0 Å². The van der Waals surface area contributed by atoms with Crippen molar-refractivity contribution in [3.63, 3.8) is 0 Å². The highest BCUT2D eigenvalue weighted by molar-refractivity contribution is 5.20. The maximum atomic E-state index is 12.9. The maximum absolute atomic E-state index is 12.9. The van der Waals surface area contributed by atoms with Crippen LogP contribution in [0.15, 0.2) is 30.3 Å². The fraction of sp³-hybridized carbons (Fsp3) is 0.667. The fourth-order valence-corrected chi connectivity index (χ4v) is 3.35. The van der Waals surface area contributed by atoms with E-state index in [4.69, 9.17) is 0 Å². The zero-order valence-corrected chi connectivity index (χ0v) is 13.1. The standard InChI is InChI=1S/C18H27F2N/c1-14(7-6-11-18(2,19)20)17-13-16(10-12-21-17)15-8-4-3-5-9-15/h3-5,8-9,14,16-17,21H,6-7,10-13H2,1-2H3. The summed E-state index contributed by atoms with van der Waals surface area (Å²) < 4.78 is 25.8. The van der Waals surface area contributed by atoms with Gasteiger partial charge in [0.1, 0.15) is 0 Å². The summed E-state index contributed by atoms with van der Waals surface area (Å²) >= 11 is 0. The van der Waals surface area contributed by atoms with Crippen LogP contribution in [0.4, 0.5) is 8.78 Å². The fourth-order valence-electron chi connectivity index (χ4n) is 3.35. The van der Waals surface area contributed by atoms with E-state index >= 15 is 0 Å². The first kappa shape index (κ1) is 16.4. The van der Waals surface area contributed by atoms with Crippen molar-refractivity contribution in [1.82, 2.24) is 5.32 Å². The Morgan fingerprint density at radius 3 is 2.67 bits per heavy atom. The minimum absolute atomic E-state index is 0.00612. The molecule has 0 amide bonds. The van der Waals surface area contributed by atoms with Crippen LogP contribution in [0.2, 0.25) is 0 Å². The molecule has 3 atom stereocenters. The predicted molar refractivity (Wildman–Crippen MR) is 83.8 cm³/mol. The SMILES string of the molecule is CC(CCCC(C)(F)F)C1CC(c2ccccc2)CCN1. The third kappa shape index (κ3) is 5.39. The van der Waals surface area contributed by atoms with E-state index in [2.05, 4.69) is 42.6 Å². The number of piperidine rings is 1. The van der Waals surface area contributed by atoms with Gasteiger partial charge >= 0.3 is 0 Å². The van der Waals surface area contributed by atoms with Crippen LogP contribution in [0.3, 0.4) is 0 Å². The molecular weight excluding hydrogens is 268 g/mol. The zero-order valence-electron chi connectivity index (χ0n) is 13.1. The Hall–Kier alpha value is -0.960. The van der Waals surface area contributed by atoms with Crippen LogP contribution in [0.5, 0.6) is 0 Å². The van der Waals surface area contributed by atoms with Gasteiger partial charge in [-0.1, -0.05) is 37.3 Å². The molecule has 1 heterocycles. The summed E-state index contributed by atoms with van der Waals surface area (Å²) in [5.74, 6) is -1.46. The molecule has 0 saturated carbocycles. The minimum Gasteiger partial charge on any atom is -0.314 e. The largest absolute Gasteiger partial charge is 0.314 e. The van der Waals surface area contributed by atoms with Gasteiger partial charge in [-0.2, -0.15) is 0 Å². The first-order valence-electron chi connectivity index (χ1n) is 8.12. The number of benzene rings is 1. The monoisotopic (exact) mass is 295 g/mol. The number of rotatable bonds is 6. The Labute approximate surface area is 127 Å². The second-order valence-electron chi connectivity index (χ2n) is 6.63. The van der Waals surface area contributed by atoms with Crippen LogP contribution in [0, 0.1) is 5.92 Å². The van der Waals surface area contributed by atoms with Crippen LogP contribution in [-0.4, -0.2) is 18.5 Å². The number of alkyl halides is 2. The lowest BCUT2D eigenvalue weighted by atomic mass is 9.81. The molecule has 1 aliphatic rings. The van der Waals surface area contributed by atoms with Crippen LogP contribution in [0.1, 0.15) is 57.4 Å². The second kappa shape index (κ2) is 7.35. The third-order valence-electron chi connectivity index (χ3n) is 4.67. The molecule has 0 aromatic heterocycles. The summed E-state index contributed by atoms with van der Waals surface area (Å²) in [6, 6.07) is 11.1. The average molecular weight is 295 g/mol. The van der Waals surface area contributed by atoms with Crippen molar-refractivity contribution in [3.8, 4) is 0 Å². The number of nitrogens with one attached hydrogen (secondary N) is 1. The molecule has 118 valence electrons. The molecule has 1 aromatic rings. The van der Waals surface area contributed by atoms with Gasteiger partial charge < -0.3 is 5.32 Å². The van der Waals surface area contributed by atoms with Crippen LogP contribution in [-0.2, 0) is 0 Å². The molecule has 0 spiro atoms. The van der Waals surface area contributed by atoms with E-state index in [0.29, 0.717) is 24.3 Å². The molecular formula is C18H27F2N. The van der Waals surface area contributed by atoms with Gasteiger partial charge in [-0.3, -0.25) is 0 Å². The Balaban J connectivity index is 1.83. The van der Waals surface area contributed by atoms with E-state index in [1.54, 1.807) is 0 Å². The normalized spacial score (nSPS) is 24.8. The molecule has 0 aliphatic carbocycles. The maximum Gasteiger partial charge on any atom is 0.245 e. The summed E-state index contributed by atoms with van der Waals surface area (Å²) in [4.78, 5) is 0. The summed E-state index contributed by atoms with van der Waals surface area (Å²) in [7, 11) is 0.